The highest BCUT2D eigenvalue weighted by molar-refractivity contribution is 7.22. The predicted molar refractivity (Wildman–Crippen MR) is 132 cm³/mol. The van der Waals surface area contributed by atoms with Crippen molar-refractivity contribution in [2.75, 3.05) is 31.2 Å². The Labute approximate surface area is 202 Å². The number of hydrogen-bond acceptors (Lipinski definition) is 7. The molecule has 4 rings (SSSR count). The maximum atomic E-state index is 11.4. The average Bonchev–Trinajstić information content (AvgIpc) is 3.24. The van der Waals surface area contributed by atoms with Crippen molar-refractivity contribution in [3.8, 4) is 11.5 Å². The molecule has 0 bridgehead atoms. The number of thiazole rings is 1. The molecule has 1 aliphatic rings. The maximum Gasteiger partial charge on any atom is 0.335 e. The fraction of sp³-hybridized carbons (Fsp3) is 0.417. The number of rotatable bonds is 9. The summed E-state index contributed by atoms with van der Waals surface area (Å²) < 4.78 is 12.5. The molecule has 33 heavy (non-hydrogen) atoms. The van der Waals surface area contributed by atoms with Crippen molar-refractivity contribution in [3.63, 3.8) is 0 Å². The Balaban J connectivity index is 1.72. The van der Waals surface area contributed by atoms with Gasteiger partial charge < -0.3 is 24.8 Å². The molecule has 176 valence electrons. The first kappa shape index (κ1) is 23.6. The van der Waals surface area contributed by atoms with E-state index in [-0.39, 0.29) is 5.56 Å². The number of hydrogen-bond donors (Lipinski definition) is 2. The van der Waals surface area contributed by atoms with Crippen LogP contribution in [-0.2, 0) is 6.54 Å². The van der Waals surface area contributed by atoms with Crippen LogP contribution < -0.4 is 19.7 Å². The second-order valence-corrected chi connectivity index (χ2v) is 9.25. The minimum absolute atomic E-state index is 0.244. The van der Waals surface area contributed by atoms with Crippen molar-refractivity contribution >= 4 is 44.3 Å². The average molecular weight is 490 g/mol. The Bertz CT molecular complexity index is 1100. The summed E-state index contributed by atoms with van der Waals surface area (Å²) in [5.74, 6) is 0.274. The summed E-state index contributed by atoms with van der Waals surface area (Å²) in [4.78, 5) is 18.6. The van der Waals surface area contributed by atoms with E-state index in [1.165, 1.54) is 0 Å². The molecule has 2 N–H and O–H groups in total. The molecular formula is C24H28ClN3O4S. The van der Waals surface area contributed by atoms with Crippen molar-refractivity contribution in [2.45, 2.75) is 39.3 Å². The molecular weight excluding hydrogens is 462 g/mol. The first-order chi connectivity index (χ1) is 16.0. The van der Waals surface area contributed by atoms with Gasteiger partial charge in [0.1, 0.15) is 16.5 Å². The van der Waals surface area contributed by atoms with Gasteiger partial charge in [-0.05, 0) is 75.7 Å². The molecule has 3 aromatic rings. The Morgan fingerprint density at radius 3 is 2.45 bits per heavy atom. The van der Waals surface area contributed by atoms with Gasteiger partial charge in [-0.15, -0.1) is 0 Å². The molecule has 0 aliphatic carbocycles. The minimum atomic E-state index is -0.949. The van der Waals surface area contributed by atoms with Gasteiger partial charge in [-0.25, -0.2) is 9.78 Å². The lowest BCUT2D eigenvalue weighted by atomic mass is 10.0. The van der Waals surface area contributed by atoms with Crippen LogP contribution in [0.15, 0.2) is 30.3 Å². The summed E-state index contributed by atoms with van der Waals surface area (Å²) in [5, 5.41) is 14.1. The van der Waals surface area contributed by atoms with E-state index in [0.29, 0.717) is 47.8 Å². The summed E-state index contributed by atoms with van der Waals surface area (Å²) in [6, 6.07) is 9.36. The quantitative estimate of drug-likeness (QED) is 0.427. The van der Waals surface area contributed by atoms with Crippen LogP contribution in [0.2, 0.25) is 5.02 Å². The fourth-order valence-electron chi connectivity index (χ4n) is 4.08. The SMILES string of the molecule is CCOc1cc(CN(c2nc3cc(C(=O)O)ccc3s2)C2CCNCC2)cc(OCC)c1Cl. The second kappa shape index (κ2) is 10.6. The summed E-state index contributed by atoms with van der Waals surface area (Å²) >= 11 is 8.09. The third-order valence-corrected chi connectivity index (χ3v) is 7.08. The summed E-state index contributed by atoms with van der Waals surface area (Å²) in [7, 11) is 0. The number of aromatic carboxylic acids is 1. The maximum absolute atomic E-state index is 11.4. The number of ether oxygens (including phenoxy) is 2. The van der Waals surface area contributed by atoms with Crippen molar-refractivity contribution in [1.82, 2.24) is 10.3 Å². The van der Waals surface area contributed by atoms with Crippen molar-refractivity contribution in [1.29, 1.82) is 0 Å². The van der Waals surface area contributed by atoms with E-state index in [1.54, 1.807) is 23.5 Å². The molecule has 0 radical (unpaired) electrons. The van der Waals surface area contributed by atoms with E-state index >= 15 is 0 Å². The predicted octanol–water partition coefficient (Wildman–Crippen LogP) is 5.20. The summed E-state index contributed by atoms with van der Waals surface area (Å²) in [6.45, 7) is 7.39. The van der Waals surface area contributed by atoms with Gasteiger partial charge >= 0.3 is 5.97 Å². The minimum Gasteiger partial charge on any atom is -0.492 e. The fourth-order valence-corrected chi connectivity index (χ4v) is 5.31. The lowest BCUT2D eigenvalue weighted by Gasteiger charge is -2.34. The summed E-state index contributed by atoms with van der Waals surface area (Å²) in [5.41, 5.74) is 1.97. The molecule has 0 saturated carbocycles. The van der Waals surface area contributed by atoms with E-state index in [1.807, 2.05) is 32.0 Å². The van der Waals surface area contributed by atoms with Crippen LogP contribution in [0.1, 0.15) is 42.6 Å². The lowest BCUT2D eigenvalue weighted by Crippen LogP contribution is -2.43. The van der Waals surface area contributed by atoms with E-state index in [4.69, 9.17) is 26.1 Å². The Hall–Kier alpha value is -2.55. The number of carboxylic acid groups (broad SMARTS) is 1. The number of halogens is 1. The van der Waals surface area contributed by atoms with Crippen molar-refractivity contribution < 1.29 is 19.4 Å². The van der Waals surface area contributed by atoms with Crippen LogP contribution in [0.25, 0.3) is 10.2 Å². The number of carboxylic acids is 1. The third-order valence-electron chi connectivity index (χ3n) is 5.64. The number of carbonyl (C=O) groups is 1. The molecule has 2 heterocycles. The van der Waals surface area contributed by atoms with Crippen molar-refractivity contribution in [2.24, 2.45) is 0 Å². The van der Waals surface area contributed by atoms with E-state index in [9.17, 15) is 9.90 Å². The highest BCUT2D eigenvalue weighted by atomic mass is 35.5. The number of nitrogens with zero attached hydrogens (tertiary/aromatic N) is 2. The number of benzene rings is 2. The van der Waals surface area contributed by atoms with Crippen LogP contribution in [-0.4, -0.2) is 48.4 Å². The van der Waals surface area contributed by atoms with E-state index in [0.717, 1.165) is 41.3 Å². The normalized spacial score (nSPS) is 14.4. The highest BCUT2D eigenvalue weighted by Gasteiger charge is 2.25. The van der Waals surface area contributed by atoms with Gasteiger partial charge in [0.25, 0.3) is 0 Å². The molecule has 0 spiro atoms. The molecule has 0 atom stereocenters. The van der Waals surface area contributed by atoms with Gasteiger partial charge in [0, 0.05) is 12.6 Å². The van der Waals surface area contributed by atoms with Crippen LogP contribution in [0.3, 0.4) is 0 Å². The molecule has 9 heteroatoms. The van der Waals surface area contributed by atoms with Gasteiger partial charge in [-0.1, -0.05) is 22.9 Å². The first-order valence-electron chi connectivity index (χ1n) is 11.2. The number of aromatic nitrogens is 1. The van der Waals surface area contributed by atoms with Gasteiger partial charge in [0.05, 0.1) is 29.0 Å². The van der Waals surface area contributed by atoms with Gasteiger partial charge in [-0.2, -0.15) is 0 Å². The molecule has 0 unspecified atom stereocenters. The number of piperidine rings is 1. The van der Waals surface area contributed by atoms with Crippen LogP contribution in [0, 0.1) is 0 Å². The lowest BCUT2D eigenvalue weighted by molar-refractivity contribution is 0.0697. The van der Waals surface area contributed by atoms with Crippen LogP contribution in [0.5, 0.6) is 11.5 Å². The van der Waals surface area contributed by atoms with Crippen molar-refractivity contribution in [3.05, 3.63) is 46.5 Å². The molecule has 1 fully saturated rings. The molecule has 1 saturated heterocycles. The van der Waals surface area contributed by atoms with Gasteiger partial charge in [0.15, 0.2) is 5.13 Å². The van der Waals surface area contributed by atoms with Gasteiger partial charge in [-0.3, -0.25) is 0 Å². The standard InChI is InChI=1S/C24H28ClN3O4S/c1-3-31-19-11-15(12-20(22(19)25)32-4-2)14-28(17-7-9-26-10-8-17)24-27-18-13-16(23(29)30)5-6-21(18)33-24/h5-6,11-13,17,26H,3-4,7-10,14H2,1-2H3,(H,29,30). The Morgan fingerprint density at radius 1 is 1.18 bits per heavy atom. The highest BCUT2D eigenvalue weighted by Crippen LogP contribution is 2.38. The number of fused-ring (bicyclic) bond motifs is 1. The molecule has 1 aliphatic heterocycles. The summed E-state index contributed by atoms with van der Waals surface area (Å²) in [6.07, 6.45) is 2.00. The smallest absolute Gasteiger partial charge is 0.335 e. The Morgan fingerprint density at radius 2 is 1.85 bits per heavy atom. The second-order valence-electron chi connectivity index (χ2n) is 7.87. The number of anilines is 1. The first-order valence-corrected chi connectivity index (χ1v) is 12.4. The van der Waals surface area contributed by atoms with Crippen LogP contribution in [0.4, 0.5) is 5.13 Å². The largest absolute Gasteiger partial charge is 0.492 e. The third kappa shape index (κ3) is 5.34. The van der Waals surface area contributed by atoms with E-state index < -0.39 is 5.97 Å². The molecule has 2 aromatic carbocycles. The number of nitrogens with one attached hydrogen (secondary N) is 1. The van der Waals surface area contributed by atoms with E-state index in [2.05, 4.69) is 10.2 Å². The monoisotopic (exact) mass is 489 g/mol. The topological polar surface area (TPSA) is 83.9 Å². The Kier molecular flexibility index (Phi) is 7.57. The zero-order valence-corrected chi connectivity index (χ0v) is 20.3. The van der Waals surface area contributed by atoms with Crippen LogP contribution >= 0.6 is 22.9 Å². The molecule has 7 nitrogen and oxygen atoms in total. The zero-order valence-electron chi connectivity index (χ0n) is 18.8. The van der Waals surface area contributed by atoms with Gasteiger partial charge in [0.2, 0.25) is 0 Å². The molecule has 1 aromatic heterocycles. The zero-order chi connectivity index (χ0) is 23.4. The molecule has 0 amide bonds.